The van der Waals surface area contributed by atoms with Crippen LogP contribution in [0.3, 0.4) is 0 Å². The zero-order valence-corrected chi connectivity index (χ0v) is 16.2. The lowest BCUT2D eigenvalue weighted by atomic mass is 9.92. The molecule has 1 heterocycles. The van der Waals surface area contributed by atoms with Gasteiger partial charge in [0.15, 0.2) is 0 Å². The zero-order chi connectivity index (χ0) is 19.6. The second-order valence-corrected chi connectivity index (χ2v) is 7.68. The van der Waals surface area contributed by atoms with E-state index in [1.807, 2.05) is 38.1 Å². The molecule has 0 radical (unpaired) electrons. The number of imide groups is 1. The number of urea groups is 1. The van der Waals surface area contributed by atoms with E-state index in [0.717, 1.165) is 15.5 Å². The summed E-state index contributed by atoms with van der Waals surface area (Å²) in [5.41, 5.74) is 4.20. The minimum absolute atomic E-state index is 0.0988. The van der Waals surface area contributed by atoms with Gasteiger partial charge in [-0.05, 0) is 49.6 Å². The van der Waals surface area contributed by atoms with Gasteiger partial charge in [0.2, 0.25) is 5.91 Å². The second-order valence-electron chi connectivity index (χ2n) is 6.63. The number of nitrogens with one attached hydrogen (secondary N) is 2. The summed E-state index contributed by atoms with van der Waals surface area (Å²) < 4.78 is 0. The lowest BCUT2D eigenvalue weighted by molar-refractivity contribution is -0.138. The van der Waals surface area contributed by atoms with Crippen LogP contribution >= 0.6 is 11.8 Å². The van der Waals surface area contributed by atoms with E-state index in [1.54, 1.807) is 31.2 Å². The van der Waals surface area contributed by atoms with Crippen molar-refractivity contribution >= 4 is 29.6 Å². The molecule has 140 valence electrons. The Labute approximate surface area is 162 Å². The van der Waals surface area contributed by atoms with Crippen molar-refractivity contribution in [2.24, 2.45) is 0 Å². The van der Waals surface area contributed by atoms with Gasteiger partial charge in [-0.15, -0.1) is 11.8 Å². The summed E-state index contributed by atoms with van der Waals surface area (Å²) in [6.07, 6.45) is 0. The Balaban J connectivity index is 1.64. The summed E-state index contributed by atoms with van der Waals surface area (Å²) in [7, 11) is 0. The van der Waals surface area contributed by atoms with Gasteiger partial charge >= 0.3 is 6.03 Å². The zero-order valence-electron chi connectivity index (χ0n) is 15.4. The van der Waals surface area contributed by atoms with E-state index in [-0.39, 0.29) is 5.75 Å². The highest BCUT2D eigenvalue weighted by Crippen LogP contribution is 2.28. The predicted octanol–water partition coefficient (Wildman–Crippen LogP) is 2.89. The van der Waals surface area contributed by atoms with Gasteiger partial charge in [0, 0.05) is 4.90 Å². The molecule has 1 fully saturated rings. The topological polar surface area (TPSA) is 78.5 Å². The number of hydrogen-bond acceptors (Lipinski definition) is 4. The Bertz CT molecular complexity index is 901. The molecule has 7 heteroatoms. The molecule has 0 aromatic heterocycles. The number of aryl methyl sites for hydroxylation is 2. The number of hydrazine groups is 1. The Kier molecular flexibility index (Phi) is 5.23. The minimum Gasteiger partial charge on any atom is -0.318 e. The van der Waals surface area contributed by atoms with Gasteiger partial charge in [-0.1, -0.05) is 36.4 Å². The number of nitrogens with zero attached hydrogens (tertiary/aromatic N) is 1. The number of amides is 4. The lowest BCUT2D eigenvalue weighted by Gasteiger charge is -2.22. The summed E-state index contributed by atoms with van der Waals surface area (Å²) in [5, 5.41) is 3.42. The average Bonchev–Trinajstić information content (AvgIpc) is 2.87. The number of carbonyl (C=O) groups is 3. The summed E-state index contributed by atoms with van der Waals surface area (Å²) in [5.74, 6) is -0.830. The van der Waals surface area contributed by atoms with Crippen LogP contribution < -0.4 is 10.7 Å². The number of thioether (sulfide) groups is 1. The van der Waals surface area contributed by atoms with E-state index in [1.165, 1.54) is 17.3 Å². The molecular formula is C20H21N3O3S. The van der Waals surface area contributed by atoms with E-state index >= 15 is 0 Å². The fourth-order valence-corrected chi connectivity index (χ4v) is 3.60. The first-order chi connectivity index (χ1) is 12.8. The molecule has 1 aliphatic rings. The van der Waals surface area contributed by atoms with E-state index < -0.39 is 23.4 Å². The van der Waals surface area contributed by atoms with E-state index in [9.17, 15) is 14.4 Å². The van der Waals surface area contributed by atoms with Crippen LogP contribution in [0.5, 0.6) is 0 Å². The second kappa shape index (κ2) is 7.44. The van der Waals surface area contributed by atoms with Crippen LogP contribution in [0, 0.1) is 13.8 Å². The van der Waals surface area contributed by atoms with Gasteiger partial charge in [-0.3, -0.25) is 15.0 Å². The van der Waals surface area contributed by atoms with Gasteiger partial charge in [-0.25, -0.2) is 4.79 Å². The normalized spacial score (nSPS) is 19.1. The molecule has 1 saturated heterocycles. The number of benzene rings is 2. The molecule has 0 bridgehead atoms. The van der Waals surface area contributed by atoms with Crippen molar-refractivity contribution in [3.05, 3.63) is 65.2 Å². The summed E-state index contributed by atoms with van der Waals surface area (Å²) in [6.45, 7) is 5.66. The number of hydrogen-bond donors (Lipinski definition) is 2. The van der Waals surface area contributed by atoms with Crippen LogP contribution in [0.1, 0.15) is 23.6 Å². The van der Waals surface area contributed by atoms with Crippen molar-refractivity contribution in [1.29, 1.82) is 0 Å². The smallest absolute Gasteiger partial charge is 0.318 e. The third-order valence-electron chi connectivity index (χ3n) is 4.63. The molecule has 2 aromatic carbocycles. The molecule has 3 rings (SSSR count). The molecule has 1 aliphatic heterocycles. The molecule has 6 nitrogen and oxygen atoms in total. The lowest BCUT2D eigenvalue weighted by Crippen LogP contribution is -2.48. The molecule has 0 spiro atoms. The Morgan fingerprint density at radius 2 is 1.81 bits per heavy atom. The van der Waals surface area contributed by atoms with Crippen molar-refractivity contribution in [2.75, 3.05) is 5.75 Å². The first-order valence-electron chi connectivity index (χ1n) is 8.53. The van der Waals surface area contributed by atoms with Crippen molar-refractivity contribution in [1.82, 2.24) is 15.8 Å². The predicted molar refractivity (Wildman–Crippen MR) is 104 cm³/mol. The highest BCUT2D eigenvalue weighted by Gasteiger charge is 2.49. The highest BCUT2D eigenvalue weighted by molar-refractivity contribution is 8.00. The molecule has 2 aromatic rings. The van der Waals surface area contributed by atoms with Crippen LogP contribution in [0.2, 0.25) is 0 Å². The maximum atomic E-state index is 12.8. The minimum atomic E-state index is -1.20. The standard InChI is InChI=1S/C20H21N3O3S/c1-13-9-10-16(11-14(13)2)27-12-17(24)22-23-18(25)20(3,21-19(23)26)15-7-5-4-6-8-15/h4-11H,12H2,1-3H3,(H,21,26)(H,22,24). The van der Waals surface area contributed by atoms with Crippen molar-refractivity contribution < 1.29 is 14.4 Å². The summed E-state index contributed by atoms with van der Waals surface area (Å²) in [4.78, 5) is 38.2. The maximum Gasteiger partial charge on any atom is 0.344 e. The molecule has 27 heavy (non-hydrogen) atoms. The molecule has 1 atom stereocenters. The van der Waals surface area contributed by atoms with Gasteiger partial charge in [0.25, 0.3) is 5.91 Å². The SMILES string of the molecule is Cc1ccc(SCC(=O)NN2C(=O)NC(C)(c3ccccc3)C2=O)cc1C. The summed E-state index contributed by atoms with van der Waals surface area (Å²) in [6, 6.07) is 14.3. The maximum absolute atomic E-state index is 12.8. The van der Waals surface area contributed by atoms with Crippen LogP contribution in [0.4, 0.5) is 4.79 Å². The molecular weight excluding hydrogens is 362 g/mol. The Morgan fingerprint density at radius 3 is 2.48 bits per heavy atom. The van der Waals surface area contributed by atoms with Crippen LogP contribution in [0.15, 0.2) is 53.4 Å². The summed E-state index contributed by atoms with van der Waals surface area (Å²) >= 11 is 1.35. The van der Waals surface area contributed by atoms with Gasteiger partial charge in [-0.2, -0.15) is 5.01 Å². The highest BCUT2D eigenvalue weighted by atomic mass is 32.2. The molecule has 0 aliphatic carbocycles. The molecule has 0 saturated carbocycles. The van der Waals surface area contributed by atoms with E-state index in [2.05, 4.69) is 10.7 Å². The van der Waals surface area contributed by atoms with Crippen LogP contribution in [-0.4, -0.2) is 28.6 Å². The van der Waals surface area contributed by atoms with Gasteiger partial charge in [0.1, 0.15) is 5.54 Å². The third-order valence-corrected chi connectivity index (χ3v) is 5.62. The van der Waals surface area contributed by atoms with E-state index in [4.69, 9.17) is 0 Å². The number of rotatable bonds is 5. The van der Waals surface area contributed by atoms with Gasteiger partial charge < -0.3 is 5.32 Å². The first-order valence-corrected chi connectivity index (χ1v) is 9.51. The first kappa shape index (κ1) is 19.0. The van der Waals surface area contributed by atoms with Crippen molar-refractivity contribution in [3.8, 4) is 0 Å². The van der Waals surface area contributed by atoms with E-state index in [0.29, 0.717) is 5.56 Å². The van der Waals surface area contributed by atoms with Crippen molar-refractivity contribution in [2.45, 2.75) is 31.2 Å². The quantitative estimate of drug-likeness (QED) is 0.615. The molecule has 2 N–H and O–H groups in total. The average molecular weight is 383 g/mol. The van der Waals surface area contributed by atoms with Crippen molar-refractivity contribution in [3.63, 3.8) is 0 Å². The fraction of sp³-hybridized carbons (Fsp3) is 0.250. The molecule has 4 amide bonds. The molecule has 1 unspecified atom stereocenters. The van der Waals surface area contributed by atoms with Crippen LogP contribution in [0.25, 0.3) is 0 Å². The van der Waals surface area contributed by atoms with Gasteiger partial charge in [0.05, 0.1) is 5.75 Å². The Morgan fingerprint density at radius 1 is 1.11 bits per heavy atom. The van der Waals surface area contributed by atoms with Crippen LogP contribution in [-0.2, 0) is 15.1 Å². The number of carbonyl (C=O) groups excluding carboxylic acids is 3. The largest absolute Gasteiger partial charge is 0.344 e. The monoisotopic (exact) mass is 383 g/mol. The fourth-order valence-electron chi connectivity index (χ4n) is 2.82. The Hall–Kier alpha value is -2.80. The third kappa shape index (κ3) is 3.83.